The highest BCUT2D eigenvalue weighted by atomic mass is 35.5. The number of hydrogen-bond acceptors (Lipinski definition) is 1. The molecule has 2 rings (SSSR count). The highest BCUT2D eigenvalue weighted by Crippen LogP contribution is 2.27. The maximum Gasteiger partial charge on any atom is 0.129 e. The van der Waals surface area contributed by atoms with Crippen molar-refractivity contribution in [3.05, 3.63) is 70.0 Å². The van der Waals surface area contributed by atoms with Gasteiger partial charge in [0.1, 0.15) is 17.5 Å². The van der Waals surface area contributed by atoms with Gasteiger partial charge in [0.2, 0.25) is 0 Å². The van der Waals surface area contributed by atoms with Gasteiger partial charge >= 0.3 is 0 Å². The lowest BCUT2D eigenvalue weighted by molar-refractivity contribution is 0.172. The molecule has 0 fully saturated rings. The number of aliphatic hydroxyl groups excluding tert-OH is 1. The average Bonchev–Trinajstić information content (AvgIpc) is 2.37. The molecule has 1 N–H and O–H groups in total. The Bertz CT molecular complexity index is 581. The zero-order valence-corrected chi connectivity index (χ0v) is 10.5. The molecule has 2 aromatic rings. The van der Waals surface area contributed by atoms with Crippen LogP contribution in [-0.2, 0) is 6.42 Å². The fourth-order valence-electron chi connectivity index (χ4n) is 1.80. The van der Waals surface area contributed by atoms with E-state index in [2.05, 4.69) is 0 Å². The zero-order valence-electron chi connectivity index (χ0n) is 9.71. The molecule has 0 radical (unpaired) electrons. The minimum Gasteiger partial charge on any atom is -0.388 e. The Kier molecular flexibility index (Phi) is 4.12. The van der Waals surface area contributed by atoms with E-state index < -0.39 is 23.6 Å². The molecule has 0 saturated carbocycles. The van der Waals surface area contributed by atoms with Crippen LogP contribution in [0.2, 0.25) is 5.02 Å². The van der Waals surface area contributed by atoms with Crippen molar-refractivity contribution in [3.8, 4) is 0 Å². The molecule has 1 atom stereocenters. The summed E-state index contributed by atoms with van der Waals surface area (Å²) in [7, 11) is 0. The molecule has 0 aromatic heterocycles. The Labute approximate surface area is 113 Å². The van der Waals surface area contributed by atoms with Gasteiger partial charge in [-0.25, -0.2) is 13.2 Å². The summed E-state index contributed by atoms with van der Waals surface area (Å²) in [6.07, 6.45) is -1.60. The van der Waals surface area contributed by atoms with Crippen LogP contribution in [0.4, 0.5) is 13.2 Å². The van der Waals surface area contributed by atoms with Crippen molar-refractivity contribution in [1.82, 2.24) is 0 Å². The third-order valence-electron chi connectivity index (χ3n) is 2.78. The van der Waals surface area contributed by atoms with Crippen molar-refractivity contribution in [1.29, 1.82) is 0 Å². The average molecular weight is 287 g/mol. The molecule has 0 aliphatic carbocycles. The molecule has 0 heterocycles. The molecule has 100 valence electrons. The van der Waals surface area contributed by atoms with Gasteiger partial charge in [-0.05, 0) is 30.3 Å². The third-order valence-corrected chi connectivity index (χ3v) is 3.13. The van der Waals surface area contributed by atoms with Crippen molar-refractivity contribution >= 4 is 11.6 Å². The predicted molar refractivity (Wildman–Crippen MR) is 66.4 cm³/mol. The first-order valence-electron chi connectivity index (χ1n) is 5.55. The van der Waals surface area contributed by atoms with Crippen molar-refractivity contribution in [2.75, 3.05) is 0 Å². The second kappa shape index (κ2) is 5.63. The molecule has 0 saturated heterocycles. The lowest BCUT2D eigenvalue weighted by Gasteiger charge is -2.13. The van der Waals surface area contributed by atoms with Gasteiger partial charge in [0.15, 0.2) is 0 Å². The summed E-state index contributed by atoms with van der Waals surface area (Å²) in [5, 5.41) is 10.0. The summed E-state index contributed by atoms with van der Waals surface area (Å²) in [4.78, 5) is 0. The Balaban J connectivity index is 2.31. The van der Waals surface area contributed by atoms with Crippen LogP contribution in [0.3, 0.4) is 0 Å². The van der Waals surface area contributed by atoms with E-state index in [1.54, 1.807) is 0 Å². The zero-order chi connectivity index (χ0) is 14.0. The first-order valence-corrected chi connectivity index (χ1v) is 5.92. The number of hydrogen-bond donors (Lipinski definition) is 1. The lowest BCUT2D eigenvalue weighted by Crippen LogP contribution is -2.07. The molecule has 19 heavy (non-hydrogen) atoms. The van der Waals surface area contributed by atoms with Crippen molar-refractivity contribution in [2.45, 2.75) is 12.5 Å². The first kappa shape index (κ1) is 13.9. The van der Waals surface area contributed by atoms with Crippen LogP contribution in [0.25, 0.3) is 0 Å². The van der Waals surface area contributed by atoms with Gasteiger partial charge in [-0.2, -0.15) is 0 Å². The topological polar surface area (TPSA) is 20.2 Å². The molecule has 0 bridgehead atoms. The summed E-state index contributed by atoms with van der Waals surface area (Å²) >= 11 is 5.81. The minimum atomic E-state index is -1.37. The van der Waals surface area contributed by atoms with E-state index >= 15 is 0 Å². The Morgan fingerprint density at radius 1 is 1.05 bits per heavy atom. The second-order valence-corrected chi connectivity index (χ2v) is 4.49. The van der Waals surface area contributed by atoms with Gasteiger partial charge in [0, 0.05) is 22.6 Å². The molecule has 0 spiro atoms. The fourth-order valence-corrected chi connectivity index (χ4v) is 2.04. The van der Waals surface area contributed by atoms with Crippen LogP contribution >= 0.6 is 11.6 Å². The summed E-state index contributed by atoms with van der Waals surface area (Å²) in [6.45, 7) is 0. The van der Waals surface area contributed by atoms with Crippen LogP contribution in [0, 0.1) is 17.5 Å². The standard InChI is InChI=1S/C14H10ClF3O/c15-11-2-1-3-12(17)9(11)7-14(19)10-6-8(16)4-5-13(10)18/h1-6,14,19H,7H2. The molecule has 1 unspecified atom stereocenters. The van der Waals surface area contributed by atoms with Gasteiger partial charge < -0.3 is 5.11 Å². The number of rotatable bonds is 3. The molecule has 1 nitrogen and oxygen atoms in total. The van der Waals surface area contributed by atoms with Gasteiger partial charge in [-0.15, -0.1) is 0 Å². The van der Waals surface area contributed by atoms with Crippen molar-refractivity contribution < 1.29 is 18.3 Å². The van der Waals surface area contributed by atoms with E-state index in [4.69, 9.17) is 11.6 Å². The molecular weight excluding hydrogens is 277 g/mol. The third kappa shape index (κ3) is 3.08. The summed E-state index contributed by atoms with van der Waals surface area (Å²) < 4.78 is 40.0. The van der Waals surface area contributed by atoms with Gasteiger partial charge in [0.05, 0.1) is 6.10 Å². The Hall–Kier alpha value is -1.52. The van der Waals surface area contributed by atoms with Crippen molar-refractivity contribution in [3.63, 3.8) is 0 Å². The van der Waals surface area contributed by atoms with Crippen LogP contribution in [0.5, 0.6) is 0 Å². The Morgan fingerprint density at radius 2 is 1.79 bits per heavy atom. The predicted octanol–water partition coefficient (Wildman–Crippen LogP) is 4.03. The van der Waals surface area contributed by atoms with E-state index in [1.807, 2.05) is 0 Å². The summed E-state index contributed by atoms with van der Waals surface area (Å²) in [5.74, 6) is -2.01. The van der Waals surface area contributed by atoms with Crippen molar-refractivity contribution in [2.24, 2.45) is 0 Å². The SMILES string of the molecule is OC(Cc1c(F)cccc1Cl)c1cc(F)ccc1F. The van der Waals surface area contributed by atoms with E-state index in [0.29, 0.717) is 0 Å². The second-order valence-electron chi connectivity index (χ2n) is 4.09. The number of halogens is 4. The lowest BCUT2D eigenvalue weighted by atomic mass is 10.0. The summed E-state index contributed by atoms with van der Waals surface area (Å²) in [5.41, 5.74) is -0.153. The van der Waals surface area contributed by atoms with Gasteiger partial charge in [-0.1, -0.05) is 17.7 Å². The largest absolute Gasteiger partial charge is 0.388 e. The van der Waals surface area contributed by atoms with E-state index in [-0.39, 0.29) is 22.6 Å². The smallest absolute Gasteiger partial charge is 0.129 e. The van der Waals surface area contributed by atoms with Gasteiger partial charge in [0.25, 0.3) is 0 Å². The minimum absolute atomic E-state index is 0.0697. The van der Waals surface area contributed by atoms with Gasteiger partial charge in [-0.3, -0.25) is 0 Å². The Morgan fingerprint density at radius 3 is 2.47 bits per heavy atom. The molecular formula is C14H10ClF3O. The monoisotopic (exact) mass is 286 g/mol. The van der Waals surface area contributed by atoms with Crippen LogP contribution in [0.15, 0.2) is 36.4 Å². The normalized spacial score (nSPS) is 12.5. The molecule has 0 aliphatic heterocycles. The first-order chi connectivity index (χ1) is 8.99. The maximum absolute atomic E-state index is 13.5. The molecule has 0 aliphatic rings. The van der Waals surface area contributed by atoms with Crippen LogP contribution in [-0.4, -0.2) is 5.11 Å². The fraction of sp³-hybridized carbons (Fsp3) is 0.143. The number of aliphatic hydroxyl groups is 1. The molecule has 2 aromatic carbocycles. The molecule has 0 amide bonds. The van der Waals surface area contributed by atoms with E-state index in [9.17, 15) is 18.3 Å². The summed E-state index contributed by atoms with van der Waals surface area (Å²) in [6, 6.07) is 6.83. The van der Waals surface area contributed by atoms with Crippen LogP contribution < -0.4 is 0 Å². The highest BCUT2D eigenvalue weighted by Gasteiger charge is 2.18. The van der Waals surface area contributed by atoms with E-state index in [1.165, 1.54) is 18.2 Å². The number of benzene rings is 2. The maximum atomic E-state index is 13.5. The quantitative estimate of drug-likeness (QED) is 0.903. The van der Waals surface area contributed by atoms with Crippen LogP contribution in [0.1, 0.15) is 17.2 Å². The highest BCUT2D eigenvalue weighted by molar-refractivity contribution is 6.31. The molecule has 5 heteroatoms. The van der Waals surface area contributed by atoms with E-state index in [0.717, 1.165) is 18.2 Å².